The van der Waals surface area contributed by atoms with Crippen molar-refractivity contribution in [2.45, 2.75) is 0 Å². The number of hydrogen-bond donors (Lipinski definition) is 1. The second-order valence-corrected chi connectivity index (χ2v) is 1.67. The van der Waals surface area contributed by atoms with Crippen molar-refractivity contribution >= 4 is 5.97 Å². The number of hydrogen-bond acceptors (Lipinski definition) is 2. The molecule has 3 nitrogen and oxygen atoms in total. The van der Waals surface area contributed by atoms with Crippen LogP contribution in [0.2, 0.25) is 0 Å². The monoisotopic (exact) mass is 149 g/mol. The Kier molecular flexibility index (Phi) is 4.18. The quantitative estimate of drug-likeness (QED) is 0.658. The summed E-state index contributed by atoms with van der Waals surface area (Å²) in [5.41, 5.74) is 0.331. The third-order valence-electron chi connectivity index (χ3n) is 1.02. The minimum atomic E-state index is -0.879. The standard InChI is InChI=1S/C7H6O2.CHN/c8-7(9)6-4-2-1-3-5-6;1-2/h1-5H,(H,8,9);1H. The molecule has 0 unspecified atom stereocenters. The van der Waals surface area contributed by atoms with Crippen molar-refractivity contribution in [3.05, 3.63) is 35.9 Å². The number of carboxylic acids is 1. The zero-order chi connectivity index (χ0) is 8.69. The van der Waals surface area contributed by atoms with Gasteiger partial charge in [0.2, 0.25) is 0 Å². The van der Waals surface area contributed by atoms with Gasteiger partial charge in [-0.1, -0.05) is 18.2 Å². The smallest absolute Gasteiger partial charge is 0.335 e. The summed E-state index contributed by atoms with van der Waals surface area (Å²) in [5, 5.41) is 14.9. The SMILES string of the molecule is C#N.O=C(O)c1ccccc1. The fourth-order valence-corrected chi connectivity index (χ4v) is 0.581. The van der Waals surface area contributed by atoms with Crippen molar-refractivity contribution in [1.82, 2.24) is 0 Å². The van der Waals surface area contributed by atoms with Crippen molar-refractivity contribution in [2.24, 2.45) is 0 Å². The van der Waals surface area contributed by atoms with Crippen molar-refractivity contribution in [3.63, 3.8) is 0 Å². The molecular formula is C8H7NO2. The molecule has 0 aliphatic rings. The Morgan fingerprint density at radius 1 is 1.27 bits per heavy atom. The summed E-state index contributed by atoms with van der Waals surface area (Å²) in [6.07, 6.45) is 0. The first-order chi connectivity index (χ1) is 5.30. The molecule has 1 aromatic rings. The number of benzene rings is 1. The summed E-state index contributed by atoms with van der Waals surface area (Å²) in [6.45, 7) is 3.50. The fourth-order valence-electron chi connectivity index (χ4n) is 0.581. The van der Waals surface area contributed by atoms with Gasteiger partial charge < -0.3 is 5.11 Å². The van der Waals surface area contributed by atoms with Gasteiger partial charge in [-0.25, -0.2) is 10.1 Å². The van der Waals surface area contributed by atoms with Gasteiger partial charge in [0.05, 0.1) is 5.56 Å². The fraction of sp³-hybridized carbons (Fsp3) is 0. The molecule has 56 valence electrons. The second kappa shape index (κ2) is 5.00. The third kappa shape index (κ3) is 3.01. The lowest BCUT2D eigenvalue weighted by molar-refractivity contribution is 0.0697. The number of carbonyl (C=O) groups is 1. The van der Waals surface area contributed by atoms with Gasteiger partial charge in [-0.15, -0.1) is 0 Å². The average Bonchev–Trinajstić information content (AvgIpc) is 2.10. The molecule has 0 atom stereocenters. The van der Waals surface area contributed by atoms with Gasteiger partial charge in [0.25, 0.3) is 0 Å². The van der Waals surface area contributed by atoms with Crippen LogP contribution < -0.4 is 0 Å². The Labute approximate surface area is 64.5 Å². The molecule has 3 heteroatoms. The number of nitriles is 1. The summed E-state index contributed by atoms with van der Waals surface area (Å²) in [7, 11) is 0. The van der Waals surface area contributed by atoms with E-state index in [1.807, 2.05) is 0 Å². The molecule has 0 aliphatic carbocycles. The van der Waals surface area contributed by atoms with Crippen LogP contribution in [0, 0.1) is 11.8 Å². The lowest BCUT2D eigenvalue weighted by Gasteiger charge is -1.88. The van der Waals surface area contributed by atoms with E-state index in [1.54, 1.807) is 30.3 Å². The van der Waals surface area contributed by atoms with Crippen LogP contribution in [-0.4, -0.2) is 11.1 Å². The van der Waals surface area contributed by atoms with Crippen molar-refractivity contribution in [2.75, 3.05) is 0 Å². The second-order valence-electron chi connectivity index (χ2n) is 1.67. The average molecular weight is 149 g/mol. The molecule has 1 N–H and O–H groups in total. The Bertz CT molecular complexity index is 241. The molecule has 11 heavy (non-hydrogen) atoms. The lowest BCUT2D eigenvalue weighted by atomic mass is 10.2. The van der Waals surface area contributed by atoms with Crippen molar-refractivity contribution < 1.29 is 9.90 Å². The number of aromatic carboxylic acids is 1. The molecule has 0 amide bonds. The highest BCUT2D eigenvalue weighted by Crippen LogP contribution is 1.96. The van der Waals surface area contributed by atoms with Crippen LogP contribution in [-0.2, 0) is 0 Å². The Morgan fingerprint density at radius 2 is 1.73 bits per heavy atom. The van der Waals surface area contributed by atoms with Gasteiger partial charge in [-0.2, -0.15) is 0 Å². The van der Waals surface area contributed by atoms with E-state index in [0.29, 0.717) is 5.56 Å². The highest BCUT2D eigenvalue weighted by atomic mass is 16.4. The Hall–Kier alpha value is -1.82. The van der Waals surface area contributed by atoms with Crippen LogP contribution >= 0.6 is 0 Å². The van der Waals surface area contributed by atoms with E-state index in [9.17, 15) is 4.79 Å². The van der Waals surface area contributed by atoms with E-state index in [2.05, 4.69) is 6.57 Å². The highest BCUT2D eigenvalue weighted by Gasteiger charge is 1.96. The molecular weight excluding hydrogens is 142 g/mol. The normalized spacial score (nSPS) is 7.45. The maximum atomic E-state index is 10.2. The largest absolute Gasteiger partial charge is 0.478 e. The Balaban J connectivity index is 0.000000461. The first-order valence-electron chi connectivity index (χ1n) is 2.85. The first-order valence-corrected chi connectivity index (χ1v) is 2.85. The highest BCUT2D eigenvalue weighted by molar-refractivity contribution is 5.87. The molecule has 1 rings (SSSR count). The molecule has 0 fully saturated rings. The van der Waals surface area contributed by atoms with E-state index in [0.717, 1.165) is 0 Å². The molecule has 0 bridgehead atoms. The van der Waals surface area contributed by atoms with Crippen LogP contribution in [0.1, 0.15) is 10.4 Å². The summed E-state index contributed by atoms with van der Waals surface area (Å²) in [5.74, 6) is -0.879. The van der Waals surface area contributed by atoms with Crippen LogP contribution in [0.15, 0.2) is 30.3 Å². The molecule has 0 aliphatic heterocycles. The number of rotatable bonds is 1. The lowest BCUT2D eigenvalue weighted by Crippen LogP contribution is -1.93. The van der Waals surface area contributed by atoms with Gasteiger partial charge >= 0.3 is 5.97 Å². The summed E-state index contributed by atoms with van der Waals surface area (Å²) in [4.78, 5) is 10.2. The van der Waals surface area contributed by atoms with Gasteiger partial charge in [0, 0.05) is 6.57 Å². The summed E-state index contributed by atoms with van der Waals surface area (Å²) >= 11 is 0. The van der Waals surface area contributed by atoms with E-state index >= 15 is 0 Å². The van der Waals surface area contributed by atoms with Crippen LogP contribution in [0.3, 0.4) is 0 Å². The third-order valence-corrected chi connectivity index (χ3v) is 1.02. The van der Waals surface area contributed by atoms with Crippen LogP contribution in [0.25, 0.3) is 0 Å². The van der Waals surface area contributed by atoms with E-state index in [1.165, 1.54) is 0 Å². The molecule has 0 heterocycles. The minimum absolute atomic E-state index is 0.331. The maximum absolute atomic E-state index is 10.2. The van der Waals surface area contributed by atoms with Crippen molar-refractivity contribution in [1.29, 1.82) is 5.26 Å². The zero-order valence-electron chi connectivity index (χ0n) is 5.77. The minimum Gasteiger partial charge on any atom is -0.478 e. The van der Waals surface area contributed by atoms with E-state index < -0.39 is 5.97 Å². The topological polar surface area (TPSA) is 61.1 Å². The Morgan fingerprint density at radius 3 is 2.00 bits per heavy atom. The van der Waals surface area contributed by atoms with E-state index in [4.69, 9.17) is 10.4 Å². The molecule has 0 spiro atoms. The van der Waals surface area contributed by atoms with Gasteiger partial charge in [-0.05, 0) is 12.1 Å². The van der Waals surface area contributed by atoms with Gasteiger partial charge in [0.15, 0.2) is 0 Å². The van der Waals surface area contributed by atoms with Crippen molar-refractivity contribution in [3.8, 4) is 6.57 Å². The molecule has 0 saturated heterocycles. The van der Waals surface area contributed by atoms with Crippen LogP contribution in [0.5, 0.6) is 0 Å². The van der Waals surface area contributed by atoms with Gasteiger partial charge in [-0.3, -0.25) is 0 Å². The number of nitrogens with zero attached hydrogens (tertiary/aromatic N) is 1. The molecule has 1 aromatic carbocycles. The predicted molar refractivity (Wildman–Crippen MR) is 40.1 cm³/mol. The summed E-state index contributed by atoms with van der Waals surface area (Å²) < 4.78 is 0. The van der Waals surface area contributed by atoms with Crippen LogP contribution in [0.4, 0.5) is 0 Å². The molecule has 0 aromatic heterocycles. The zero-order valence-corrected chi connectivity index (χ0v) is 5.77. The molecule has 0 radical (unpaired) electrons. The maximum Gasteiger partial charge on any atom is 0.335 e. The summed E-state index contributed by atoms with van der Waals surface area (Å²) in [6, 6.07) is 8.30. The predicted octanol–water partition coefficient (Wildman–Crippen LogP) is 1.52. The number of carboxylic acid groups (broad SMARTS) is 1. The van der Waals surface area contributed by atoms with E-state index in [-0.39, 0.29) is 0 Å². The first kappa shape index (κ1) is 9.18. The van der Waals surface area contributed by atoms with Gasteiger partial charge in [0.1, 0.15) is 0 Å². The molecule has 0 saturated carbocycles.